The molecule has 0 aliphatic heterocycles. The van der Waals surface area contributed by atoms with Gasteiger partial charge in [-0.2, -0.15) is 0 Å². The summed E-state index contributed by atoms with van der Waals surface area (Å²) < 4.78 is 1.97. The molecule has 7 nitrogen and oxygen atoms in total. The lowest BCUT2D eigenvalue weighted by Gasteiger charge is -2.18. The zero-order valence-corrected chi connectivity index (χ0v) is 20.1. The number of carbonyl (C=O) groups is 2. The van der Waals surface area contributed by atoms with Gasteiger partial charge in [0, 0.05) is 38.0 Å². The van der Waals surface area contributed by atoms with Crippen molar-refractivity contribution >= 4 is 39.9 Å². The van der Waals surface area contributed by atoms with E-state index < -0.39 is 0 Å². The Morgan fingerprint density at radius 1 is 1.15 bits per heavy atom. The summed E-state index contributed by atoms with van der Waals surface area (Å²) in [4.78, 5) is 36.5. The van der Waals surface area contributed by atoms with Crippen LogP contribution in [0, 0.1) is 6.92 Å². The molecular weight excluding hydrogens is 434 g/mol. The van der Waals surface area contributed by atoms with Gasteiger partial charge in [0.15, 0.2) is 0 Å². The van der Waals surface area contributed by atoms with Crippen LogP contribution in [0.2, 0.25) is 0 Å². The molecule has 4 rings (SSSR count). The molecule has 0 unspecified atom stereocenters. The quantitative estimate of drug-likeness (QED) is 0.438. The molecule has 0 fully saturated rings. The van der Waals surface area contributed by atoms with Crippen LogP contribution < -0.4 is 5.32 Å². The van der Waals surface area contributed by atoms with E-state index in [9.17, 15) is 9.59 Å². The van der Waals surface area contributed by atoms with E-state index in [2.05, 4.69) is 22.4 Å². The van der Waals surface area contributed by atoms with Gasteiger partial charge in [-0.25, -0.2) is 9.97 Å². The molecule has 0 saturated heterocycles. The number of anilines is 1. The minimum absolute atomic E-state index is 0.112. The minimum Gasteiger partial charge on any atom is -0.336 e. The fraction of sp³-hybridized carbons (Fsp3) is 0.280. The van der Waals surface area contributed by atoms with Crippen molar-refractivity contribution in [1.82, 2.24) is 19.4 Å². The average Bonchev–Trinajstić information content (AvgIpc) is 3.35. The van der Waals surface area contributed by atoms with Crippen molar-refractivity contribution in [1.29, 1.82) is 0 Å². The van der Waals surface area contributed by atoms with E-state index in [0.717, 1.165) is 27.6 Å². The number of rotatable bonds is 7. The molecular formula is C25H27N5O2S. The molecule has 0 saturated carbocycles. The van der Waals surface area contributed by atoms with Crippen LogP contribution in [0.5, 0.6) is 0 Å². The van der Waals surface area contributed by atoms with E-state index in [1.165, 1.54) is 0 Å². The molecule has 2 heterocycles. The third-order valence-electron chi connectivity index (χ3n) is 5.51. The Balaban J connectivity index is 1.76. The van der Waals surface area contributed by atoms with Crippen LogP contribution in [-0.2, 0) is 24.8 Å². The second kappa shape index (κ2) is 9.54. The SMILES string of the molecule is CCC(=O)Nc1cc(C(=O)N(C)Cc2csc(C)n2)c2c(c1)nc(Cc1ccccc1)n2C. The maximum Gasteiger partial charge on any atom is 0.256 e. The van der Waals surface area contributed by atoms with Crippen molar-refractivity contribution in [2.75, 3.05) is 12.4 Å². The highest BCUT2D eigenvalue weighted by atomic mass is 32.1. The highest BCUT2D eigenvalue weighted by Gasteiger charge is 2.22. The summed E-state index contributed by atoms with van der Waals surface area (Å²) in [6, 6.07) is 13.7. The molecule has 0 atom stereocenters. The third kappa shape index (κ3) is 4.96. The van der Waals surface area contributed by atoms with Gasteiger partial charge in [-0.15, -0.1) is 11.3 Å². The second-order valence-corrected chi connectivity index (χ2v) is 9.12. The maximum atomic E-state index is 13.5. The second-order valence-electron chi connectivity index (χ2n) is 8.06. The summed E-state index contributed by atoms with van der Waals surface area (Å²) in [5.74, 6) is 0.592. The van der Waals surface area contributed by atoms with Crippen molar-refractivity contribution < 1.29 is 9.59 Å². The number of aromatic nitrogens is 3. The smallest absolute Gasteiger partial charge is 0.256 e. The molecule has 170 valence electrons. The van der Waals surface area contributed by atoms with E-state index in [4.69, 9.17) is 4.98 Å². The summed E-state index contributed by atoms with van der Waals surface area (Å²) in [6.45, 7) is 4.15. The molecule has 0 bridgehead atoms. The summed E-state index contributed by atoms with van der Waals surface area (Å²) in [7, 11) is 3.69. The zero-order chi connectivity index (χ0) is 23.5. The van der Waals surface area contributed by atoms with Gasteiger partial charge in [-0.3, -0.25) is 9.59 Å². The lowest BCUT2D eigenvalue weighted by Crippen LogP contribution is -2.27. The first-order valence-electron chi connectivity index (χ1n) is 10.8. The lowest BCUT2D eigenvalue weighted by molar-refractivity contribution is -0.115. The first-order chi connectivity index (χ1) is 15.9. The first kappa shape index (κ1) is 22.7. The Bertz CT molecular complexity index is 1310. The van der Waals surface area contributed by atoms with E-state index in [-0.39, 0.29) is 11.8 Å². The summed E-state index contributed by atoms with van der Waals surface area (Å²) in [6.07, 6.45) is 0.996. The Kier molecular flexibility index (Phi) is 6.55. The number of hydrogen-bond donors (Lipinski definition) is 1. The number of nitrogens with zero attached hydrogens (tertiary/aromatic N) is 4. The van der Waals surface area contributed by atoms with Crippen LogP contribution in [0.25, 0.3) is 11.0 Å². The highest BCUT2D eigenvalue weighted by Crippen LogP contribution is 2.27. The fourth-order valence-corrected chi connectivity index (χ4v) is 4.43. The van der Waals surface area contributed by atoms with Crippen molar-refractivity contribution in [2.24, 2.45) is 7.05 Å². The fourth-order valence-electron chi connectivity index (χ4n) is 3.82. The van der Waals surface area contributed by atoms with Crippen molar-refractivity contribution in [2.45, 2.75) is 33.2 Å². The van der Waals surface area contributed by atoms with Gasteiger partial charge in [0.1, 0.15) is 5.82 Å². The Hall–Kier alpha value is -3.52. The van der Waals surface area contributed by atoms with Gasteiger partial charge in [0.05, 0.1) is 33.8 Å². The van der Waals surface area contributed by atoms with E-state index in [1.807, 2.05) is 48.2 Å². The maximum absolute atomic E-state index is 13.5. The standard InChI is InChI=1S/C25H27N5O2S/c1-5-23(31)27-18-12-20(25(32)29(3)14-19-15-33-16(2)26-19)24-21(13-18)28-22(30(24)4)11-17-9-7-6-8-10-17/h6-10,12-13,15H,5,11,14H2,1-4H3,(H,27,31). The van der Waals surface area contributed by atoms with Crippen LogP contribution >= 0.6 is 11.3 Å². The first-order valence-corrected chi connectivity index (χ1v) is 11.7. The molecule has 0 spiro atoms. The molecule has 33 heavy (non-hydrogen) atoms. The molecule has 4 aromatic rings. The number of benzene rings is 2. The monoisotopic (exact) mass is 461 g/mol. The van der Waals surface area contributed by atoms with E-state index >= 15 is 0 Å². The number of amides is 2. The van der Waals surface area contributed by atoms with Gasteiger partial charge >= 0.3 is 0 Å². The predicted octanol–water partition coefficient (Wildman–Crippen LogP) is 4.55. The Morgan fingerprint density at radius 2 is 1.91 bits per heavy atom. The van der Waals surface area contributed by atoms with Gasteiger partial charge < -0.3 is 14.8 Å². The zero-order valence-electron chi connectivity index (χ0n) is 19.3. The number of carbonyl (C=O) groups excluding carboxylic acids is 2. The summed E-state index contributed by atoms with van der Waals surface area (Å²) >= 11 is 1.56. The Labute approximate surface area is 197 Å². The number of aryl methyl sites for hydroxylation is 2. The topological polar surface area (TPSA) is 80.1 Å². The molecule has 2 aromatic carbocycles. The van der Waals surface area contributed by atoms with Gasteiger partial charge in [0.2, 0.25) is 5.91 Å². The lowest BCUT2D eigenvalue weighted by atomic mass is 10.1. The molecule has 1 N–H and O–H groups in total. The van der Waals surface area contributed by atoms with Gasteiger partial charge in [0.25, 0.3) is 5.91 Å². The van der Waals surface area contributed by atoms with Crippen molar-refractivity contribution in [3.63, 3.8) is 0 Å². The van der Waals surface area contributed by atoms with Crippen LogP contribution in [0.3, 0.4) is 0 Å². The van der Waals surface area contributed by atoms with E-state index in [0.29, 0.717) is 36.2 Å². The van der Waals surface area contributed by atoms with Gasteiger partial charge in [-0.05, 0) is 24.6 Å². The minimum atomic E-state index is -0.146. The van der Waals surface area contributed by atoms with Crippen LogP contribution in [0.15, 0.2) is 47.8 Å². The molecule has 8 heteroatoms. The number of imidazole rings is 1. The third-order valence-corrected chi connectivity index (χ3v) is 6.34. The molecule has 2 amide bonds. The number of hydrogen-bond acceptors (Lipinski definition) is 5. The summed E-state index contributed by atoms with van der Waals surface area (Å²) in [5, 5.41) is 5.81. The van der Waals surface area contributed by atoms with Crippen molar-refractivity contribution in [3.8, 4) is 0 Å². The highest BCUT2D eigenvalue weighted by molar-refractivity contribution is 7.09. The Morgan fingerprint density at radius 3 is 2.58 bits per heavy atom. The average molecular weight is 462 g/mol. The van der Waals surface area contributed by atoms with Crippen LogP contribution in [0.4, 0.5) is 5.69 Å². The molecule has 0 radical (unpaired) electrons. The summed E-state index contributed by atoms with van der Waals surface area (Å²) in [5.41, 5.74) is 4.50. The normalized spacial score (nSPS) is 11.0. The molecule has 2 aromatic heterocycles. The van der Waals surface area contributed by atoms with Crippen LogP contribution in [-0.4, -0.2) is 38.3 Å². The largest absolute Gasteiger partial charge is 0.336 e. The number of nitrogens with one attached hydrogen (secondary N) is 1. The van der Waals surface area contributed by atoms with Crippen LogP contribution in [0.1, 0.15) is 45.8 Å². The molecule has 0 aliphatic carbocycles. The predicted molar refractivity (Wildman–Crippen MR) is 132 cm³/mol. The number of thiazole rings is 1. The van der Waals surface area contributed by atoms with Gasteiger partial charge in [-0.1, -0.05) is 37.3 Å². The van der Waals surface area contributed by atoms with Crippen molar-refractivity contribution in [3.05, 3.63) is 75.5 Å². The number of fused-ring (bicyclic) bond motifs is 1. The van der Waals surface area contributed by atoms with E-state index in [1.54, 1.807) is 36.3 Å². The molecule has 0 aliphatic rings.